The van der Waals surface area contributed by atoms with E-state index in [1.807, 2.05) is 0 Å². The molecule has 0 aliphatic carbocycles. The number of sulfonamides is 1. The van der Waals surface area contributed by atoms with Crippen LogP contribution in [-0.2, 0) is 10.0 Å². The monoisotopic (exact) mass is 384 g/mol. The van der Waals surface area contributed by atoms with Gasteiger partial charge in [-0.2, -0.15) is 0 Å². The van der Waals surface area contributed by atoms with E-state index in [0.29, 0.717) is 5.69 Å². The summed E-state index contributed by atoms with van der Waals surface area (Å²) in [5, 5.41) is 20.1. The van der Waals surface area contributed by atoms with Crippen molar-refractivity contribution >= 4 is 21.4 Å². The van der Waals surface area contributed by atoms with Crippen LogP contribution in [0.4, 0.5) is 11.4 Å². The third kappa shape index (κ3) is 3.75. The lowest BCUT2D eigenvalue weighted by molar-refractivity contribution is -0.384. The number of benzene rings is 3. The molecule has 0 unspecified atom stereocenters. The predicted molar refractivity (Wildman–Crippen MR) is 102 cm³/mol. The number of phenols is 1. The van der Waals surface area contributed by atoms with E-state index in [0.717, 1.165) is 15.4 Å². The van der Waals surface area contributed by atoms with Crippen molar-refractivity contribution in [1.29, 1.82) is 0 Å². The molecule has 0 saturated carbocycles. The number of non-ortho nitro benzene ring substituents is 1. The molecule has 0 fully saturated rings. The van der Waals surface area contributed by atoms with Gasteiger partial charge in [0, 0.05) is 19.2 Å². The molecule has 3 aromatic carbocycles. The molecule has 7 nitrogen and oxygen atoms in total. The zero-order valence-corrected chi connectivity index (χ0v) is 15.1. The molecule has 0 radical (unpaired) electrons. The van der Waals surface area contributed by atoms with E-state index in [-0.39, 0.29) is 16.3 Å². The number of nitrogens with zero attached hydrogens (tertiary/aromatic N) is 2. The number of nitro benzene ring substituents is 1. The van der Waals surface area contributed by atoms with Crippen LogP contribution in [0.3, 0.4) is 0 Å². The first-order valence-corrected chi connectivity index (χ1v) is 9.36. The summed E-state index contributed by atoms with van der Waals surface area (Å²) < 4.78 is 26.7. The van der Waals surface area contributed by atoms with E-state index in [4.69, 9.17) is 0 Å². The van der Waals surface area contributed by atoms with E-state index in [1.165, 1.54) is 55.6 Å². The van der Waals surface area contributed by atoms with Gasteiger partial charge in [0.25, 0.3) is 15.7 Å². The molecule has 0 heterocycles. The lowest BCUT2D eigenvalue weighted by Crippen LogP contribution is -2.26. The Morgan fingerprint density at radius 3 is 1.81 bits per heavy atom. The average molecular weight is 384 g/mol. The lowest BCUT2D eigenvalue weighted by Gasteiger charge is -2.19. The van der Waals surface area contributed by atoms with Crippen LogP contribution in [0.25, 0.3) is 11.1 Å². The van der Waals surface area contributed by atoms with Gasteiger partial charge in [-0.05, 0) is 59.7 Å². The highest BCUT2D eigenvalue weighted by Gasteiger charge is 2.21. The Balaban J connectivity index is 1.87. The second-order valence-corrected chi connectivity index (χ2v) is 7.79. The van der Waals surface area contributed by atoms with E-state index in [1.54, 1.807) is 24.3 Å². The topological polar surface area (TPSA) is 101 Å². The molecule has 0 aliphatic heterocycles. The van der Waals surface area contributed by atoms with Crippen molar-refractivity contribution < 1.29 is 18.4 Å². The van der Waals surface area contributed by atoms with E-state index < -0.39 is 14.9 Å². The van der Waals surface area contributed by atoms with Gasteiger partial charge < -0.3 is 5.11 Å². The van der Waals surface area contributed by atoms with Crippen LogP contribution in [0.1, 0.15) is 0 Å². The molecule has 1 N–H and O–H groups in total. The molecule has 0 atom stereocenters. The van der Waals surface area contributed by atoms with Crippen LogP contribution >= 0.6 is 0 Å². The molecule has 0 aromatic heterocycles. The summed E-state index contributed by atoms with van der Waals surface area (Å²) >= 11 is 0. The molecule has 8 heteroatoms. The van der Waals surface area contributed by atoms with Gasteiger partial charge in [-0.15, -0.1) is 0 Å². The maximum atomic E-state index is 12.8. The fourth-order valence-electron chi connectivity index (χ4n) is 2.55. The Labute approximate surface area is 156 Å². The van der Waals surface area contributed by atoms with Gasteiger partial charge in [0.05, 0.1) is 15.5 Å². The van der Waals surface area contributed by atoms with Crippen molar-refractivity contribution in [1.82, 2.24) is 0 Å². The Morgan fingerprint density at radius 1 is 0.852 bits per heavy atom. The standard InChI is InChI=1S/C19H16N2O5S/c1-20(16-8-10-18(22)11-9-16)27(25,26)19-12-4-15(5-13-19)14-2-6-17(7-3-14)21(23)24/h2-13,22H,1H3. The summed E-state index contributed by atoms with van der Waals surface area (Å²) in [5.41, 5.74) is 1.91. The van der Waals surface area contributed by atoms with Crippen molar-refractivity contribution in [2.24, 2.45) is 0 Å². The van der Waals surface area contributed by atoms with E-state index >= 15 is 0 Å². The van der Waals surface area contributed by atoms with E-state index in [9.17, 15) is 23.6 Å². The summed E-state index contributed by atoms with van der Waals surface area (Å²) in [7, 11) is -2.32. The SMILES string of the molecule is CN(c1ccc(O)cc1)S(=O)(=O)c1ccc(-c2ccc([N+](=O)[O-])cc2)cc1. The molecule has 3 aromatic rings. The number of aromatic hydroxyl groups is 1. The maximum absolute atomic E-state index is 12.8. The van der Waals surface area contributed by atoms with Gasteiger partial charge in [0.15, 0.2) is 0 Å². The molecule has 27 heavy (non-hydrogen) atoms. The minimum Gasteiger partial charge on any atom is -0.508 e. The summed E-state index contributed by atoms with van der Waals surface area (Å²) in [6.07, 6.45) is 0. The minimum atomic E-state index is -3.76. The Morgan fingerprint density at radius 2 is 1.33 bits per heavy atom. The van der Waals surface area contributed by atoms with Gasteiger partial charge in [-0.3, -0.25) is 14.4 Å². The molecular formula is C19H16N2O5S. The lowest BCUT2D eigenvalue weighted by atomic mass is 10.1. The van der Waals surface area contributed by atoms with Crippen LogP contribution in [0.5, 0.6) is 5.75 Å². The first-order chi connectivity index (χ1) is 12.8. The maximum Gasteiger partial charge on any atom is 0.269 e. The summed E-state index contributed by atoms with van der Waals surface area (Å²) in [6.45, 7) is 0. The van der Waals surface area contributed by atoms with Crippen molar-refractivity contribution in [2.75, 3.05) is 11.4 Å². The summed E-state index contributed by atoms with van der Waals surface area (Å²) in [4.78, 5) is 10.4. The second kappa shape index (κ2) is 7.08. The van der Waals surface area contributed by atoms with Crippen LogP contribution in [0.2, 0.25) is 0 Å². The Bertz CT molecular complexity index is 1060. The highest BCUT2D eigenvalue weighted by molar-refractivity contribution is 7.92. The van der Waals surface area contributed by atoms with Gasteiger partial charge in [0.2, 0.25) is 0 Å². The second-order valence-electron chi connectivity index (χ2n) is 5.82. The molecule has 0 saturated heterocycles. The summed E-state index contributed by atoms with van der Waals surface area (Å²) in [5.74, 6) is 0.0528. The molecule has 0 amide bonds. The predicted octanol–water partition coefficient (Wildman–Crippen LogP) is 3.79. The first-order valence-electron chi connectivity index (χ1n) is 7.92. The molecule has 138 valence electrons. The fraction of sp³-hybridized carbons (Fsp3) is 0.0526. The van der Waals surface area contributed by atoms with Gasteiger partial charge in [-0.1, -0.05) is 12.1 Å². The Kier molecular flexibility index (Phi) is 4.83. The van der Waals surface area contributed by atoms with Gasteiger partial charge >= 0.3 is 0 Å². The number of hydrogen-bond acceptors (Lipinski definition) is 5. The zero-order chi connectivity index (χ0) is 19.6. The Hall–Kier alpha value is -3.39. The number of phenolic OH excluding ortho intramolecular Hbond substituents is 1. The first kappa shape index (κ1) is 18.4. The number of anilines is 1. The van der Waals surface area contributed by atoms with E-state index in [2.05, 4.69) is 0 Å². The molecule has 0 aliphatic rings. The van der Waals surface area contributed by atoms with Crippen LogP contribution < -0.4 is 4.31 Å². The quantitative estimate of drug-likeness (QED) is 0.533. The largest absolute Gasteiger partial charge is 0.508 e. The molecule has 3 rings (SSSR count). The number of nitro groups is 1. The van der Waals surface area contributed by atoms with Crippen molar-refractivity contribution in [3.63, 3.8) is 0 Å². The van der Waals surface area contributed by atoms with Crippen molar-refractivity contribution in [2.45, 2.75) is 4.90 Å². The highest BCUT2D eigenvalue weighted by Crippen LogP contribution is 2.27. The minimum absolute atomic E-state index is 0.00605. The van der Waals surface area contributed by atoms with Crippen LogP contribution in [0.15, 0.2) is 77.7 Å². The average Bonchev–Trinajstić information content (AvgIpc) is 2.68. The third-order valence-corrected chi connectivity index (χ3v) is 5.94. The smallest absolute Gasteiger partial charge is 0.269 e. The van der Waals surface area contributed by atoms with Crippen molar-refractivity contribution in [3.8, 4) is 16.9 Å². The number of hydrogen-bond donors (Lipinski definition) is 1. The fourth-order valence-corrected chi connectivity index (χ4v) is 3.75. The third-order valence-electron chi connectivity index (χ3n) is 4.14. The highest BCUT2D eigenvalue weighted by atomic mass is 32.2. The summed E-state index contributed by atoms with van der Waals surface area (Å²) in [6, 6.07) is 18.2. The normalized spacial score (nSPS) is 11.1. The van der Waals surface area contributed by atoms with Crippen LogP contribution in [0, 0.1) is 10.1 Å². The van der Waals surface area contributed by atoms with Crippen LogP contribution in [-0.4, -0.2) is 25.5 Å². The van der Waals surface area contributed by atoms with Crippen molar-refractivity contribution in [3.05, 3.63) is 82.9 Å². The molecular weight excluding hydrogens is 368 g/mol. The molecule has 0 bridgehead atoms. The molecule has 0 spiro atoms. The number of rotatable bonds is 5. The van der Waals surface area contributed by atoms with Gasteiger partial charge in [0.1, 0.15) is 5.75 Å². The van der Waals surface area contributed by atoms with Gasteiger partial charge in [-0.25, -0.2) is 8.42 Å². The zero-order valence-electron chi connectivity index (χ0n) is 14.3.